The van der Waals surface area contributed by atoms with Crippen molar-refractivity contribution in [2.24, 2.45) is 0 Å². The number of esters is 3. The van der Waals surface area contributed by atoms with Crippen LogP contribution in [0.25, 0.3) is 0 Å². The molecule has 0 aromatic rings. The first-order valence-corrected chi connectivity index (χ1v) is 7.62. The molecule has 0 rings (SSSR count). The Balaban J connectivity index is 0. The summed E-state index contributed by atoms with van der Waals surface area (Å²) in [6, 6.07) is 0. The van der Waals surface area contributed by atoms with Crippen molar-refractivity contribution in [3.05, 3.63) is 12.2 Å². The first-order chi connectivity index (χ1) is 10.5. The van der Waals surface area contributed by atoms with Crippen LogP contribution in [0.4, 0.5) is 0 Å². The number of rotatable bonds is 9. The lowest BCUT2D eigenvalue weighted by Gasteiger charge is -2.00. The first-order valence-electron chi connectivity index (χ1n) is 7.62. The van der Waals surface area contributed by atoms with Crippen LogP contribution in [-0.2, 0) is 28.6 Å². The molecule has 0 spiro atoms. The van der Waals surface area contributed by atoms with E-state index >= 15 is 0 Å². The summed E-state index contributed by atoms with van der Waals surface area (Å²) in [6.07, 6.45) is 5.81. The highest BCUT2D eigenvalue weighted by molar-refractivity contribution is 5.91. The molecule has 0 aromatic carbocycles. The molecule has 6 heteroatoms. The van der Waals surface area contributed by atoms with Crippen LogP contribution < -0.4 is 0 Å². The molecule has 0 radical (unpaired) electrons. The van der Waals surface area contributed by atoms with E-state index in [1.807, 2.05) is 13.8 Å². The second-order valence-electron chi connectivity index (χ2n) is 4.30. The molecule has 0 amide bonds. The summed E-state index contributed by atoms with van der Waals surface area (Å²) in [5.41, 5.74) is 0. The van der Waals surface area contributed by atoms with Gasteiger partial charge in [0.15, 0.2) is 0 Å². The van der Waals surface area contributed by atoms with Crippen LogP contribution in [0.5, 0.6) is 0 Å². The minimum atomic E-state index is -0.499. The monoisotopic (exact) mass is 316 g/mol. The molecule has 0 unspecified atom stereocenters. The highest BCUT2D eigenvalue weighted by Crippen LogP contribution is 1.92. The second kappa shape index (κ2) is 17.2. The van der Waals surface area contributed by atoms with E-state index in [9.17, 15) is 14.4 Å². The van der Waals surface area contributed by atoms with Crippen LogP contribution in [0.3, 0.4) is 0 Å². The molecule has 0 aliphatic heterocycles. The van der Waals surface area contributed by atoms with E-state index in [1.54, 1.807) is 6.92 Å². The van der Waals surface area contributed by atoms with E-state index < -0.39 is 11.9 Å². The molecule has 0 saturated heterocycles. The van der Waals surface area contributed by atoms with E-state index in [0.717, 1.165) is 37.8 Å². The summed E-state index contributed by atoms with van der Waals surface area (Å²) in [7, 11) is 0. The molecule has 22 heavy (non-hydrogen) atoms. The lowest BCUT2D eigenvalue weighted by molar-refractivity contribution is -0.140. The number of hydrogen-bond donors (Lipinski definition) is 0. The molecule has 0 atom stereocenters. The Bertz CT molecular complexity index is 312. The molecule has 0 heterocycles. The molecule has 0 aliphatic rings. The van der Waals surface area contributed by atoms with Gasteiger partial charge >= 0.3 is 17.9 Å². The largest absolute Gasteiger partial charge is 0.466 e. The maximum Gasteiger partial charge on any atom is 0.331 e. The summed E-state index contributed by atoms with van der Waals surface area (Å²) in [5.74, 6) is -1.21. The Morgan fingerprint density at radius 1 is 0.773 bits per heavy atom. The predicted molar refractivity (Wildman–Crippen MR) is 83.2 cm³/mol. The van der Waals surface area contributed by atoms with Gasteiger partial charge in [-0.25, -0.2) is 9.59 Å². The van der Waals surface area contributed by atoms with E-state index in [2.05, 4.69) is 4.74 Å². The number of ether oxygens (including phenoxy) is 3. The highest BCUT2D eigenvalue weighted by atomic mass is 16.5. The lowest BCUT2D eigenvalue weighted by atomic mass is 10.4. The zero-order chi connectivity index (χ0) is 17.2. The van der Waals surface area contributed by atoms with Gasteiger partial charge in [0.05, 0.1) is 19.8 Å². The van der Waals surface area contributed by atoms with E-state index in [4.69, 9.17) is 9.47 Å². The molecule has 0 saturated carbocycles. The Kier molecular flexibility index (Phi) is 17.5. The van der Waals surface area contributed by atoms with Crippen molar-refractivity contribution in [3.8, 4) is 0 Å². The Morgan fingerprint density at radius 2 is 1.18 bits per heavy atom. The normalized spacial score (nSPS) is 9.64. The molecule has 0 bridgehead atoms. The van der Waals surface area contributed by atoms with Crippen molar-refractivity contribution in [1.82, 2.24) is 0 Å². The van der Waals surface area contributed by atoms with E-state index in [0.29, 0.717) is 19.8 Å². The third-order valence-corrected chi connectivity index (χ3v) is 2.19. The van der Waals surface area contributed by atoms with Gasteiger partial charge in [-0.2, -0.15) is 0 Å². The highest BCUT2D eigenvalue weighted by Gasteiger charge is 2.00. The van der Waals surface area contributed by atoms with Crippen LogP contribution in [0.2, 0.25) is 0 Å². The van der Waals surface area contributed by atoms with Crippen molar-refractivity contribution in [1.29, 1.82) is 0 Å². The van der Waals surface area contributed by atoms with E-state index in [-0.39, 0.29) is 5.97 Å². The summed E-state index contributed by atoms with van der Waals surface area (Å²) >= 11 is 0. The summed E-state index contributed by atoms with van der Waals surface area (Å²) in [5, 5.41) is 0. The minimum absolute atomic E-state index is 0.211. The topological polar surface area (TPSA) is 78.9 Å². The van der Waals surface area contributed by atoms with Gasteiger partial charge in [-0.15, -0.1) is 0 Å². The summed E-state index contributed by atoms with van der Waals surface area (Å²) < 4.78 is 14.1. The van der Waals surface area contributed by atoms with Gasteiger partial charge in [0.25, 0.3) is 0 Å². The number of unbranched alkanes of at least 4 members (excludes halogenated alkanes) is 2. The second-order valence-corrected chi connectivity index (χ2v) is 4.30. The molecule has 0 N–H and O–H groups in total. The van der Waals surface area contributed by atoms with Crippen molar-refractivity contribution in [2.75, 3.05) is 19.8 Å². The quantitative estimate of drug-likeness (QED) is 0.282. The number of hydrogen-bond acceptors (Lipinski definition) is 6. The summed E-state index contributed by atoms with van der Waals surface area (Å²) in [6.45, 7) is 8.46. The lowest BCUT2D eigenvalue weighted by Crippen LogP contribution is -2.05. The van der Waals surface area contributed by atoms with Gasteiger partial charge in [0.1, 0.15) is 0 Å². The van der Waals surface area contributed by atoms with Gasteiger partial charge < -0.3 is 14.2 Å². The number of carbonyl (C=O) groups is 3. The fourth-order valence-corrected chi connectivity index (χ4v) is 1.07. The van der Waals surface area contributed by atoms with Crippen LogP contribution in [0, 0.1) is 0 Å². The molecule has 6 nitrogen and oxygen atoms in total. The van der Waals surface area contributed by atoms with Crippen LogP contribution >= 0.6 is 0 Å². The standard InChI is InChI=1S/C12H20O4.C4H8O2/c1-3-5-9-15-11(13)7-8-12(14)16-10-6-4-2;1-3-6-4(2)5/h7-8H,3-6,9-10H2,1-2H3;3H2,1-2H3/b8-7-;. The SMILES string of the molecule is CCCCOC(=O)/C=C\C(=O)OCCCC.CCOC(C)=O. The number of carbonyl (C=O) groups excluding carboxylic acids is 3. The molecule has 0 aromatic heterocycles. The van der Waals surface area contributed by atoms with Crippen LogP contribution in [-0.4, -0.2) is 37.7 Å². The molecule has 0 aliphatic carbocycles. The zero-order valence-electron chi connectivity index (χ0n) is 14.1. The third kappa shape index (κ3) is 20.5. The van der Waals surface area contributed by atoms with Crippen molar-refractivity contribution >= 4 is 17.9 Å². The minimum Gasteiger partial charge on any atom is -0.466 e. The smallest absolute Gasteiger partial charge is 0.331 e. The molecular weight excluding hydrogens is 288 g/mol. The van der Waals surface area contributed by atoms with Gasteiger partial charge in [0.2, 0.25) is 0 Å². The van der Waals surface area contributed by atoms with Crippen molar-refractivity contribution in [2.45, 2.75) is 53.4 Å². The maximum absolute atomic E-state index is 11.0. The van der Waals surface area contributed by atoms with Gasteiger partial charge in [0, 0.05) is 19.1 Å². The van der Waals surface area contributed by atoms with Gasteiger partial charge in [-0.3, -0.25) is 4.79 Å². The average Bonchev–Trinajstić information content (AvgIpc) is 2.46. The van der Waals surface area contributed by atoms with E-state index in [1.165, 1.54) is 6.92 Å². The Morgan fingerprint density at radius 3 is 1.41 bits per heavy atom. The third-order valence-electron chi connectivity index (χ3n) is 2.19. The Labute approximate surface area is 132 Å². The first kappa shape index (κ1) is 22.4. The van der Waals surface area contributed by atoms with Crippen molar-refractivity contribution in [3.63, 3.8) is 0 Å². The fraction of sp³-hybridized carbons (Fsp3) is 0.688. The van der Waals surface area contributed by atoms with Gasteiger partial charge in [-0.1, -0.05) is 26.7 Å². The Hall–Kier alpha value is -1.85. The average molecular weight is 316 g/mol. The van der Waals surface area contributed by atoms with Crippen molar-refractivity contribution < 1.29 is 28.6 Å². The van der Waals surface area contributed by atoms with Gasteiger partial charge in [-0.05, 0) is 19.8 Å². The molecule has 0 fully saturated rings. The maximum atomic E-state index is 11.0. The molecular formula is C16H28O6. The van der Waals surface area contributed by atoms with Crippen LogP contribution in [0.1, 0.15) is 53.4 Å². The van der Waals surface area contributed by atoms with Crippen LogP contribution in [0.15, 0.2) is 12.2 Å². The fourth-order valence-electron chi connectivity index (χ4n) is 1.07. The zero-order valence-corrected chi connectivity index (χ0v) is 14.1. The summed E-state index contributed by atoms with van der Waals surface area (Å²) in [4.78, 5) is 31.9. The molecule has 128 valence electrons. The predicted octanol–water partition coefficient (Wildman–Crippen LogP) is 2.80.